The quantitative estimate of drug-likeness (QED) is 0.185. The van der Waals surface area contributed by atoms with Crippen LogP contribution in [0, 0.1) is 11.8 Å². The number of morpholine rings is 1. The number of piperidine rings is 1. The first-order valence-electron chi connectivity index (χ1n) is 16.5. The van der Waals surface area contributed by atoms with Crippen LogP contribution in [0.5, 0.6) is 17.2 Å². The molecule has 0 bridgehead atoms. The van der Waals surface area contributed by atoms with Crippen LogP contribution in [-0.4, -0.2) is 78.6 Å². The van der Waals surface area contributed by atoms with Gasteiger partial charge in [0.25, 0.3) is 5.24 Å². The molecule has 248 valence electrons. The number of ether oxygens (including phenoxy) is 3. The largest absolute Gasteiger partial charge is 0.497 e. The van der Waals surface area contributed by atoms with Gasteiger partial charge in [0.2, 0.25) is 0 Å². The second kappa shape index (κ2) is 14.3. The second-order valence-corrected chi connectivity index (χ2v) is 13.5. The van der Waals surface area contributed by atoms with Crippen molar-refractivity contribution >= 4 is 33.9 Å². The van der Waals surface area contributed by atoms with Crippen molar-refractivity contribution in [3.63, 3.8) is 0 Å². The highest BCUT2D eigenvalue weighted by Crippen LogP contribution is 2.51. The van der Waals surface area contributed by atoms with Crippen molar-refractivity contribution in [3.05, 3.63) is 97.1 Å². The number of benzene rings is 3. The standard InChI is InChI=1S/C38H40N4O5S/c1-3-25(24-39-37(43)41-17-19-46-20-18-41)27-15-16-42-35(21-27)36(48-38(42)44)32-23-34(40-33-14-13-30(45-2)22-31(32)33)26-9-11-29(12-10-26)47-28-7-5-4-6-8-28/h3-14,22-23,25,27,35-36H,1,15-21,24H2,2H3,(H,39,43). The van der Waals surface area contributed by atoms with Crippen molar-refractivity contribution in [1.29, 1.82) is 0 Å². The minimum atomic E-state index is -0.0919. The second-order valence-electron chi connectivity index (χ2n) is 12.5. The molecule has 10 heteroatoms. The van der Waals surface area contributed by atoms with Crippen LogP contribution in [0.3, 0.4) is 0 Å². The first-order valence-corrected chi connectivity index (χ1v) is 17.4. The zero-order valence-electron chi connectivity index (χ0n) is 27.0. The van der Waals surface area contributed by atoms with Crippen LogP contribution < -0.4 is 14.8 Å². The van der Waals surface area contributed by atoms with Crippen molar-refractivity contribution in [3.8, 4) is 28.5 Å². The number of nitrogens with one attached hydrogen (secondary N) is 1. The fraction of sp³-hybridized carbons (Fsp3) is 0.342. The molecule has 4 heterocycles. The van der Waals surface area contributed by atoms with Crippen LogP contribution >= 0.6 is 11.8 Å². The molecule has 4 unspecified atom stereocenters. The Kier molecular flexibility index (Phi) is 9.54. The molecule has 1 N–H and O–H groups in total. The summed E-state index contributed by atoms with van der Waals surface area (Å²) in [5.41, 5.74) is 3.72. The van der Waals surface area contributed by atoms with Gasteiger partial charge in [-0.05, 0) is 90.9 Å². The number of carbonyl (C=O) groups excluding carboxylic acids is 2. The molecule has 0 aliphatic carbocycles. The van der Waals surface area contributed by atoms with Crippen LogP contribution in [0.4, 0.5) is 9.59 Å². The van der Waals surface area contributed by atoms with Crippen LogP contribution in [0.25, 0.3) is 22.2 Å². The molecule has 4 aromatic rings. The Morgan fingerprint density at radius 1 is 1.04 bits per heavy atom. The van der Waals surface area contributed by atoms with Crippen LogP contribution in [0.2, 0.25) is 0 Å². The fourth-order valence-corrected chi connectivity index (χ4v) is 8.36. The van der Waals surface area contributed by atoms with Crippen molar-refractivity contribution in [1.82, 2.24) is 20.1 Å². The summed E-state index contributed by atoms with van der Waals surface area (Å²) in [6, 6.07) is 25.7. The summed E-state index contributed by atoms with van der Waals surface area (Å²) in [6.45, 7) is 7.68. The first-order chi connectivity index (χ1) is 23.5. The zero-order valence-corrected chi connectivity index (χ0v) is 27.9. The minimum absolute atomic E-state index is 0.00458. The number of aromatic nitrogens is 1. The molecule has 3 saturated heterocycles. The topological polar surface area (TPSA) is 93.2 Å². The Hall–Kier alpha value is -4.54. The molecule has 48 heavy (non-hydrogen) atoms. The highest BCUT2D eigenvalue weighted by molar-refractivity contribution is 8.14. The number of urea groups is 1. The van der Waals surface area contributed by atoms with Gasteiger partial charge >= 0.3 is 6.03 Å². The molecule has 4 atom stereocenters. The number of amides is 3. The zero-order chi connectivity index (χ0) is 33.0. The smallest absolute Gasteiger partial charge is 0.317 e. The average molecular weight is 665 g/mol. The maximum atomic E-state index is 13.5. The van der Waals surface area contributed by atoms with E-state index in [0.29, 0.717) is 39.4 Å². The molecule has 3 amide bonds. The molecule has 1 aromatic heterocycles. The SMILES string of the molecule is C=CC(CNC(=O)N1CCOCC1)C1CCN2C(=O)SC(c3cc(-c4ccc(Oc5ccccc5)cc4)nc4ccc(OC)cc34)C2C1. The Labute approximate surface area is 285 Å². The number of carbonyl (C=O) groups is 2. The van der Waals surface area contributed by atoms with E-state index in [1.165, 1.54) is 11.8 Å². The van der Waals surface area contributed by atoms with Gasteiger partial charge in [0.05, 0.1) is 36.8 Å². The Morgan fingerprint density at radius 3 is 2.54 bits per heavy atom. The molecule has 3 fully saturated rings. The van der Waals surface area contributed by atoms with E-state index in [2.05, 4.69) is 18.0 Å². The molecule has 3 aromatic carbocycles. The van der Waals surface area contributed by atoms with E-state index in [1.807, 2.05) is 83.8 Å². The summed E-state index contributed by atoms with van der Waals surface area (Å²) in [5.74, 6) is 2.65. The van der Waals surface area contributed by atoms with Gasteiger partial charge in [0.1, 0.15) is 17.2 Å². The van der Waals surface area contributed by atoms with Crippen LogP contribution in [-0.2, 0) is 4.74 Å². The molecule has 0 radical (unpaired) electrons. The minimum Gasteiger partial charge on any atom is -0.497 e. The van der Waals surface area contributed by atoms with Gasteiger partial charge in [-0.2, -0.15) is 0 Å². The van der Waals surface area contributed by atoms with Crippen molar-refractivity contribution in [2.75, 3.05) is 46.5 Å². The van der Waals surface area contributed by atoms with Gasteiger partial charge in [0, 0.05) is 43.2 Å². The number of nitrogens with zero attached hydrogens (tertiary/aromatic N) is 3. The number of thioether (sulfide) groups is 1. The number of methoxy groups -OCH3 is 1. The number of hydrogen-bond donors (Lipinski definition) is 1. The molecular formula is C38H40N4O5S. The maximum Gasteiger partial charge on any atom is 0.317 e. The summed E-state index contributed by atoms with van der Waals surface area (Å²) in [6.07, 6.45) is 3.66. The highest BCUT2D eigenvalue weighted by Gasteiger charge is 2.46. The summed E-state index contributed by atoms with van der Waals surface area (Å²) >= 11 is 1.40. The number of pyridine rings is 1. The third-order valence-electron chi connectivity index (χ3n) is 9.68. The lowest BCUT2D eigenvalue weighted by molar-refractivity contribution is 0.0527. The van der Waals surface area contributed by atoms with E-state index in [9.17, 15) is 9.59 Å². The maximum absolute atomic E-state index is 13.5. The van der Waals surface area contributed by atoms with E-state index in [-0.39, 0.29) is 34.4 Å². The summed E-state index contributed by atoms with van der Waals surface area (Å²) in [4.78, 5) is 35.2. The van der Waals surface area contributed by atoms with E-state index >= 15 is 0 Å². The average Bonchev–Trinajstić information content (AvgIpc) is 3.47. The highest BCUT2D eigenvalue weighted by atomic mass is 32.2. The van der Waals surface area contributed by atoms with Gasteiger partial charge in [0.15, 0.2) is 0 Å². The van der Waals surface area contributed by atoms with Gasteiger partial charge in [-0.1, -0.05) is 36.0 Å². The first kappa shape index (κ1) is 32.0. The van der Waals surface area contributed by atoms with Crippen molar-refractivity contribution < 1.29 is 23.8 Å². The molecule has 3 aliphatic heterocycles. The Morgan fingerprint density at radius 2 is 1.79 bits per heavy atom. The van der Waals surface area contributed by atoms with Crippen LogP contribution in [0.15, 0.2) is 91.5 Å². The lowest BCUT2D eigenvalue weighted by Gasteiger charge is -2.39. The van der Waals surface area contributed by atoms with Gasteiger partial charge in [-0.15, -0.1) is 6.58 Å². The lowest BCUT2D eigenvalue weighted by Crippen LogP contribution is -2.48. The van der Waals surface area contributed by atoms with Gasteiger partial charge in [-0.25, -0.2) is 9.78 Å². The van der Waals surface area contributed by atoms with E-state index in [4.69, 9.17) is 19.2 Å². The molecular weight excluding hydrogens is 625 g/mol. The summed E-state index contributed by atoms with van der Waals surface area (Å²) in [5, 5.41) is 4.13. The Bertz CT molecular complexity index is 1780. The Balaban J connectivity index is 1.16. The molecule has 9 nitrogen and oxygen atoms in total. The number of para-hydroxylation sites is 1. The van der Waals surface area contributed by atoms with Crippen molar-refractivity contribution in [2.45, 2.75) is 24.1 Å². The summed E-state index contributed by atoms with van der Waals surface area (Å²) < 4.78 is 17.0. The number of fused-ring (bicyclic) bond motifs is 2. The molecule has 7 rings (SSSR count). The van der Waals surface area contributed by atoms with E-state index in [0.717, 1.165) is 57.8 Å². The van der Waals surface area contributed by atoms with E-state index in [1.54, 1.807) is 12.0 Å². The normalized spacial score (nSPS) is 21.4. The summed E-state index contributed by atoms with van der Waals surface area (Å²) in [7, 11) is 1.66. The van der Waals surface area contributed by atoms with Crippen LogP contribution in [0.1, 0.15) is 23.7 Å². The molecule has 0 spiro atoms. The number of hydrogen-bond acceptors (Lipinski definition) is 7. The van der Waals surface area contributed by atoms with E-state index < -0.39 is 0 Å². The lowest BCUT2D eigenvalue weighted by atomic mass is 9.79. The van der Waals surface area contributed by atoms with Crippen molar-refractivity contribution in [2.24, 2.45) is 11.8 Å². The third-order valence-corrected chi connectivity index (χ3v) is 10.9. The predicted molar refractivity (Wildman–Crippen MR) is 189 cm³/mol. The third kappa shape index (κ3) is 6.73. The predicted octanol–water partition coefficient (Wildman–Crippen LogP) is 7.54. The van der Waals surface area contributed by atoms with Gasteiger partial charge in [-0.3, -0.25) is 4.79 Å². The molecule has 0 saturated carbocycles. The van der Waals surface area contributed by atoms with Gasteiger partial charge < -0.3 is 29.3 Å². The molecule has 3 aliphatic rings. The fourth-order valence-electron chi connectivity index (χ4n) is 7.04. The monoisotopic (exact) mass is 664 g/mol. The number of rotatable bonds is 9.